The molecule has 2 aliphatic rings. The molecular weight excluding hydrogens is 210 g/mol. The zero-order valence-corrected chi connectivity index (χ0v) is 10.5. The van der Waals surface area contributed by atoms with Crippen LogP contribution in [0, 0.1) is 6.92 Å². The van der Waals surface area contributed by atoms with Crippen molar-refractivity contribution in [2.45, 2.75) is 44.7 Å². The van der Waals surface area contributed by atoms with Gasteiger partial charge in [0.2, 0.25) is 0 Å². The van der Waals surface area contributed by atoms with E-state index in [-0.39, 0.29) is 0 Å². The van der Waals surface area contributed by atoms with Crippen LogP contribution in [0.15, 0.2) is 18.3 Å². The molecule has 0 radical (unpaired) electrons. The number of nitrogens with zero attached hydrogens (tertiary/aromatic N) is 2. The second-order valence-corrected chi connectivity index (χ2v) is 5.33. The molecule has 1 N–H and O–H groups in total. The summed E-state index contributed by atoms with van der Waals surface area (Å²) in [6, 6.07) is 5.61. The molecule has 0 aromatic carbocycles. The Morgan fingerprint density at radius 1 is 1.24 bits per heavy atom. The monoisotopic (exact) mass is 231 g/mol. The van der Waals surface area contributed by atoms with E-state index in [1.165, 1.54) is 44.5 Å². The summed E-state index contributed by atoms with van der Waals surface area (Å²) in [5, 5.41) is 3.66. The molecule has 0 saturated carbocycles. The lowest BCUT2D eigenvalue weighted by atomic mass is 9.99. The van der Waals surface area contributed by atoms with Crippen LogP contribution < -0.4 is 5.32 Å². The quantitative estimate of drug-likeness (QED) is 0.847. The van der Waals surface area contributed by atoms with Gasteiger partial charge in [-0.25, -0.2) is 0 Å². The lowest BCUT2D eigenvalue weighted by Gasteiger charge is -2.32. The van der Waals surface area contributed by atoms with Gasteiger partial charge in [-0.3, -0.25) is 9.88 Å². The summed E-state index contributed by atoms with van der Waals surface area (Å²) in [7, 11) is 0. The van der Waals surface area contributed by atoms with Crippen LogP contribution in [-0.2, 0) is 0 Å². The van der Waals surface area contributed by atoms with Crippen molar-refractivity contribution in [3.8, 4) is 0 Å². The average molecular weight is 231 g/mol. The maximum atomic E-state index is 4.35. The van der Waals surface area contributed by atoms with Crippen LogP contribution in [0.3, 0.4) is 0 Å². The first kappa shape index (κ1) is 11.0. The number of hydrogen-bond acceptors (Lipinski definition) is 3. The SMILES string of the molecule is Cc1ccc(NC2CCN3CCCCC23)cn1. The fourth-order valence-electron chi connectivity index (χ4n) is 3.18. The maximum absolute atomic E-state index is 4.35. The molecule has 3 rings (SSSR count). The molecule has 17 heavy (non-hydrogen) atoms. The smallest absolute Gasteiger partial charge is 0.0529 e. The third kappa shape index (κ3) is 2.29. The van der Waals surface area contributed by atoms with Crippen molar-refractivity contribution < 1.29 is 0 Å². The van der Waals surface area contributed by atoms with E-state index in [4.69, 9.17) is 0 Å². The van der Waals surface area contributed by atoms with Gasteiger partial charge < -0.3 is 5.32 Å². The van der Waals surface area contributed by atoms with Gasteiger partial charge in [0.15, 0.2) is 0 Å². The minimum Gasteiger partial charge on any atom is -0.379 e. The van der Waals surface area contributed by atoms with Gasteiger partial charge in [-0.05, 0) is 44.9 Å². The first-order valence-electron chi connectivity index (χ1n) is 6.76. The van der Waals surface area contributed by atoms with E-state index in [9.17, 15) is 0 Å². The van der Waals surface area contributed by atoms with Crippen LogP contribution >= 0.6 is 0 Å². The minimum atomic E-state index is 0.625. The summed E-state index contributed by atoms with van der Waals surface area (Å²) < 4.78 is 0. The van der Waals surface area contributed by atoms with Crippen LogP contribution in [0.1, 0.15) is 31.4 Å². The second kappa shape index (κ2) is 4.65. The highest BCUT2D eigenvalue weighted by molar-refractivity contribution is 5.42. The molecule has 0 bridgehead atoms. The predicted octanol–water partition coefficient (Wildman–Crippen LogP) is 2.43. The fourth-order valence-corrected chi connectivity index (χ4v) is 3.18. The summed E-state index contributed by atoms with van der Waals surface area (Å²) in [6.45, 7) is 4.60. The van der Waals surface area contributed by atoms with Crippen LogP contribution in [0.4, 0.5) is 5.69 Å². The Bertz CT molecular complexity index is 374. The summed E-state index contributed by atoms with van der Waals surface area (Å²) in [5.74, 6) is 0. The molecule has 2 unspecified atom stereocenters. The van der Waals surface area contributed by atoms with Gasteiger partial charge in [0, 0.05) is 24.3 Å². The first-order chi connectivity index (χ1) is 8.33. The number of aromatic nitrogens is 1. The van der Waals surface area contributed by atoms with E-state index in [2.05, 4.69) is 27.3 Å². The van der Waals surface area contributed by atoms with Crippen molar-refractivity contribution in [1.82, 2.24) is 9.88 Å². The molecule has 92 valence electrons. The average Bonchev–Trinajstić information content (AvgIpc) is 2.76. The van der Waals surface area contributed by atoms with Gasteiger partial charge in [-0.1, -0.05) is 6.42 Å². The molecule has 1 aromatic rings. The predicted molar refractivity (Wildman–Crippen MR) is 70.2 cm³/mol. The van der Waals surface area contributed by atoms with E-state index in [1.54, 1.807) is 0 Å². The fraction of sp³-hybridized carbons (Fsp3) is 0.643. The van der Waals surface area contributed by atoms with Crippen molar-refractivity contribution in [2.75, 3.05) is 18.4 Å². The molecule has 3 heterocycles. The molecule has 0 aliphatic carbocycles. The van der Waals surface area contributed by atoms with E-state index in [1.807, 2.05) is 13.1 Å². The van der Waals surface area contributed by atoms with E-state index >= 15 is 0 Å². The van der Waals surface area contributed by atoms with Crippen molar-refractivity contribution in [3.05, 3.63) is 24.0 Å². The largest absolute Gasteiger partial charge is 0.379 e. The van der Waals surface area contributed by atoms with Gasteiger partial charge in [0.1, 0.15) is 0 Å². The second-order valence-electron chi connectivity index (χ2n) is 5.33. The summed E-state index contributed by atoms with van der Waals surface area (Å²) in [6.07, 6.45) is 7.37. The summed E-state index contributed by atoms with van der Waals surface area (Å²) >= 11 is 0. The number of nitrogens with one attached hydrogen (secondary N) is 1. The van der Waals surface area contributed by atoms with Gasteiger partial charge in [0.05, 0.1) is 11.9 Å². The Morgan fingerprint density at radius 2 is 2.18 bits per heavy atom. The third-order valence-electron chi connectivity index (χ3n) is 4.12. The molecule has 2 aliphatic heterocycles. The van der Waals surface area contributed by atoms with Crippen molar-refractivity contribution in [3.63, 3.8) is 0 Å². The molecular formula is C14H21N3. The molecule has 1 aromatic heterocycles. The molecule has 0 spiro atoms. The van der Waals surface area contributed by atoms with Gasteiger partial charge in [0.25, 0.3) is 0 Å². The van der Waals surface area contributed by atoms with Crippen LogP contribution in [0.2, 0.25) is 0 Å². The van der Waals surface area contributed by atoms with Gasteiger partial charge in [-0.15, -0.1) is 0 Å². The number of fused-ring (bicyclic) bond motifs is 1. The number of piperidine rings is 1. The zero-order chi connectivity index (χ0) is 11.7. The highest BCUT2D eigenvalue weighted by Gasteiger charge is 2.35. The summed E-state index contributed by atoms with van der Waals surface area (Å²) in [5.41, 5.74) is 2.26. The summed E-state index contributed by atoms with van der Waals surface area (Å²) in [4.78, 5) is 7.00. The number of aryl methyl sites for hydroxylation is 1. The van der Waals surface area contributed by atoms with Crippen molar-refractivity contribution in [2.24, 2.45) is 0 Å². The Balaban J connectivity index is 1.67. The molecule has 3 nitrogen and oxygen atoms in total. The Labute approximate surface area is 103 Å². The first-order valence-corrected chi connectivity index (χ1v) is 6.76. The zero-order valence-electron chi connectivity index (χ0n) is 10.5. The number of pyridine rings is 1. The Hall–Kier alpha value is -1.09. The van der Waals surface area contributed by atoms with Gasteiger partial charge in [-0.2, -0.15) is 0 Å². The third-order valence-corrected chi connectivity index (χ3v) is 4.12. The normalized spacial score (nSPS) is 29.0. The molecule has 3 heteroatoms. The van der Waals surface area contributed by atoms with E-state index in [0.29, 0.717) is 6.04 Å². The molecule has 2 fully saturated rings. The van der Waals surface area contributed by atoms with Crippen molar-refractivity contribution in [1.29, 1.82) is 0 Å². The van der Waals surface area contributed by atoms with E-state index < -0.39 is 0 Å². The highest BCUT2D eigenvalue weighted by Crippen LogP contribution is 2.29. The highest BCUT2D eigenvalue weighted by atomic mass is 15.2. The Kier molecular flexibility index (Phi) is 3.02. The minimum absolute atomic E-state index is 0.625. The number of hydrogen-bond donors (Lipinski definition) is 1. The molecule has 0 amide bonds. The van der Waals surface area contributed by atoms with Crippen molar-refractivity contribution >= 4 is 5.69 Å². The maximum Gasteiger partial charge on any atom is 0.0529 e. The molecule has 2 atom stereocenters. The van der Waals surface area contributed by atoms with E-state index in [0.717, 1.165) is 11.7 Å². The topological polar surface area (TPSA) is 28.2 Å². The lowest BCUT2D eigenvalue weighted by Crippen LogP contribution is -2.41. The standard InChI is InChI=1S/C14H21N3/c1-11-5-6-12(10-15-11)16-13-7-9-17-8-3-2-4-14(13)17/h5-6,10,13-14,16H,2-4,7-9H2,1H3. The van der Waals surface area contributed by atoms with Gasteiger partial charge >= 0.3 is 0 Å². The molecule has 2 saturated heterocycles. The van der Waals surface area contributed by atoms with Crippen LogP contribution in [0.25, 0.3) is 0 Å². The number of anilines is 1. The Morgan fingerprint density at radius 3 is 3.00 bits per heavy atom. The van der Waals surface area contributed by atoms with Crippen LogP contribution in [0.5, 0.6) is 0 Å². The lowest BCUT2D eigenvalue weighted by molar-refractivity contribution is 0.193. The van der Waals surface area contributed by atoms with Crippen LogP contribution in [-0.4, -0.2) is 35.1 Å². The number of rotatable bonds is 2.